The molecule has 0 aliphatic heterocycles. The summed E-state index contributed by atoms with van der Waals surface area (Å²) >= 11 is 0. The van der Waals surface area contributed by atoms with Gasteiger partial charge in [0.2, 0.25) is 0 Å². The number of ether oxygens (including phenoxy) is 3. The van der Waals surface area contributed by atoms with Crippen LogP contribution in [0.15, 0.2) is 6.20 Å². The predicted octanol–water partition coefficient (Wildman–Crippen LogP) is 1.47. The van der Waals surface area contributed by atoms with Crippen molar-refractivity contribution < 1.29 is 19.0 Å². The number of aromatic nitrogens is 2. The Morgan fingerprint density at radius 3 is 2.62 bits per heavy atom. The molecule has 120 valence electrons. The maximum Gasteiger partial charge on any atom is 0.413 e. The minimum Gasteiger partial charge on any atom is -0.444 e. The molecule has 0 aliphatic carbocycles. The lowest BCUT2D eigenvalue weighted by molar-refractivity contribution is -0.0989. The van der Waals surface area contributed by atoms with E-state index < -0.39 is 11.7 Å². The van der Waals surface area contributed by atoms with Crippen LogP contribution in [0.5, 0.6) is 0 Å². The number of hydrogen-bond acceptors (Lipinski definition) is 6. The van der Waals surface area contributed by atoms with Crippen molar-refractivity contribution in [1.82, 2.24) is 15.5 Å². The number of carbonyl (C=O) groups is 1. The third-order valence-corrected chi connectivity index (χ3v) is 2.50. The molecule has 0 bridgehead atoms. The molecule has 1 heterocycles. The Hall–Kier alpha value is -1.64. The Labute approximate surface area is 124 Å². The van der Waals surface area contributed by atoms with Crippen LogP contribution < -0.4 is 10.6 Å². The number of amides is 1. The van der Waals surface area contributed by atoms with Crippen LogP contribution in [-0.4, -0.2) is 48.9 Å². The van der Waals surface area contributed by atoms with E-state index in [0.29, 0.717) is 18.9 Å². The van der Waals surface area contributed by atoms with E-state index in [2.05, 4.69) is 20.8 Å². The van der Waals surface area contributed by atoms with Crippen molar-refractivity contribution in [1.29, 1.82) is 0 Å². The van der Waals surface area contributed by atoms with Gasteiger partial charge in [-0.2, -0.15) is 5.10 Å². The summed E-state index contributed by atoms with van der Waals surface area (Å²) in [5, 5.41) is 12.4. The second-order valence-corrected chi connectivity index (χ2v) is 5.43. The summed E-state index contributed by atoms with van der Waals surface area (Å²) in [6, 6.07) is 0. The van der Waals surface area contributed by atoms with E-state index in [1.807, 2.05) is 0 Å². The first kappa shape index (κ1) is 17.4. The fourth-order valence-electron chi connectivity index (χ4n) is 1.55. The monoisotopic (exact) mass is 300 g/mol. The van der Waals surface area contributed by atoms with Crippen LogP contribution in [0.2, 0.25) is 0 Å². The Bertz CT molecular complexity index is 438. The summed E-state index contributed by atoms with van der Waals surface area (Å²) in [5.74, 6) is 0.503. The van der Waals surface area contributed by atoms with Crippen molar-refractivity contribution >= 4 is 11.9 Å². The van der Waals surface area contributed by atoms with E-state index in [1.54, 1.807) is 41.2 Å². The van der Waals surface area contributed by atoms with Crippen molar-refractivity contribution in [2.75, 3.05) is 26.1 Å². The standard InChI is InChI=1S/C13H24N4O4/c1-13(2,3)21-12(18)16-11-9(7-15-17-11)6-14-8-10(19-4)20-5/h7,10,14H,6,8H2,1-5H3,(H2,15,16,17,18). The molecule has 0 aliphatic rings. The van der Waals surface area contributed by atoms with E-state index in [4.69, 9.17) is 14.2 Å². The fraction of sp³-hybridized carbons (Fsp3) is 0.692. The molecule has 0 spiro atoms. The minimum absolute atomic E-state index is 0.320. The summed E-state index contributed by atoms with van der Waals surface area (Å²) in [6.45, 7) is 6.43. The van der Waals surface area contributed by atoms with Gasteiger partial charge in [-0.15, -0.1) is 0 Å². The van der Waals surface area contributed by atoms with Crippen molar-refractivity contribution in [3.05, 3.63) is 11.8 Å². The van der Waals surface area contributed by atoms with Gasteiger partial charge in [0.15, 0.2) is 6.29 Å². The van der Waals surface area contributed by atoms with Crippen LogP contribution in [0.25, 0.3) is 0 Å². The quantitative estimate of drug-likeness (QED) is 0.660. The zero-order chi connectivity index (χ0) is 15.9. The Balaban J connectivity index is 2.48. The number of nitrogens with zero attached hydrogens (tertiary/aromatic N) is 1. The number of aromatic amines is 1. The maximum atomic E-state index is 11.7. The minimum atomic E-state index is -0.549. The molecule has 0 fully saturated rings. The number of nitrogens with one attached hydrogen (secondary N) is 3. The first-order chi connectivity index (χ1) is 9.85. The maximum absolute atomic E-state index is 11.7. The van der Waals surface area contributed by atoms with Crippen molar-refractivity contribution in [3.8, 4) is 0 Å². The lowest BCUT2D eigenvalue weighted by Gasteiger charge is -2.19. The summed E-state index contributed by atoms with van der Waals surface area (Å²) in [6.07, 6.45) is 0.785. The van der Waals surface area contributed by atoms with Crippen LogP contribution in [0.1, 0.15) is 26.3 Å². The average molecular weight is 300 g/mol. The fourth-order valence-corrected chi connectivity index (χ4v) is 1.55. The molecule has 8 heteroatoms. The molecule has 0 aromatic carbocycles. The van der Waals surface area contributed by atoms with Gasteiger partial charge in [0.25, 0.3) is 0 Å². The molecule has 0 saturated carbocycles. The van der Waals surface area contributed by atoms with Gasteiger partial charge in [-0.05, 0) is 20.8 Å². The van der Waals surface area contributed by atoms with E-state index in [0.717, 1.165) is 5.56 Å². The van der Waals surface area contributed by atoms with E-state index in [-0.39, 0.29) is 6.29 Å². The van der Waals surface area contributed by atoms with Crippen molar-refractivity contribution in [3.63, 3.8) is 0 Å². The molecule has 1 aromatic heterocycles. The molecule has 8 nitrogen and oxygen atoms in total. The highest BCUT2D eigenvalue weighted by atomic mass is 16.7. The molecule has 3 N–H and O–H groups in total. The van der Waals surface area contributed by atoms with Gasteiger partial charge in [-0.1, -0.05) is 0 Å². The molecular formula is C13H24N4O4. The highest BCUT2D eigenvalue weighted by Gasteiger charge is 2.18. The highest BCUT2D eigenvalue weighted by molar-refractivity contribution is 5.84. The van der Waals surface area contributed by atoms with Crippen molar-refractivity contribution in [2.24, 2.45) is 0 Å². The summed E-state index contributed by atoms with van der Waals surface area (Å²) < 4.78 is 15.3. The molecule has 0 radical (unpaired) electrons. The normalized spacial score (nSPS) is 11.7. The Kier molecular flexibility index (Phi) is 6.60. The molecule has 1 rings (SSSR count). The molecule has 1 amide bonds. The lowest BCUT2D eigenvalue weighted by Crippen LogP contribution is -2.30. The molecule has 0 atom stereocenters. The molecule has 1 aromatic rings. The van der Waals surface area contributed by atoms with Crippen LogP contribution >= 0.6 is 0 Å². The Morgan fingerprint density at radius 2 is 2.05 bits per heavy atom. The largest absolute Gasteiger partial charge is 0.444 e. The topological polar surface area (TPSA) is 97.5 Å². The second kappa shape index (κ2) is 7.96. The Morgan fingerprint density at radius 1 is 1.38 bits per heavy atom. The first-order valence-corrected chi connectivity index (χ1v) is 6.64. The highest BCUT2D eigenvalue weighted by Crippen LogP contribution is 2.13. The molecular weight excluding hydrogens is 276 g/mol. The number of H-pyrrole nitrogens is 1. The van der Waals surface area contributed by atoms with Crippen LogP contribution in [0.4, 0.5) is 10.6 Å². The zero-order valence-corrected chi connectivity index (χ0v) is 13.1. The number of carbonyl (C=O) groups excluding carboxylic acids is 1. The lowest BCUT2D eigenvalue weighted by atomic mass is 10.2. The van der Waals surface area contributed by atoms with Gasteiger partial charge < -0.3 is 19.5 Å². The van der Waals surface area contributed by atoms with Crippen LogP contribution in [0, 0.1) is 0 Å². The van der Waals surface area contributed by atoms with Gasteiger partial charge in [-0.25, -0.2) is 4.79 Å². The second-order valence-electron chi connectivity index (χ2n) is 5.43. The van der Waals surface area contributed by atoms with Crippen molar-refractivity contribution in [2.45, 2.75) is 39.2 Å². The van der Waals surface area contributed by atoms with Crippen LogP contribution in [0.3, 0.4) is 0 Å². The van der Waals surface area contributed by atoms with Gasteiger partial charge >= 0.3 is 6.09 Å². The third-order valence-electron chi connectivity index (χ3n) is 2.50. The predicted molar refractivity (Wildman–Crippen MR) is 78.0 cm³/mol. The summed E-state index contributed by atoms with van der Waals surface area (Å²) in [4.78, 5) is 11.7. The number of methoxy groups -OCH3 is 2. The summed E-state index contributed by atoms with van der Waals surface area (Å²) in [7, 11) is 3.15. The van der Waals surface area contributed by atoms with Gasteiger partial charge in [0.05, 0.1) is 6.20 Å². The molecule has 0 saturated heterocycles. The van der Waals surface area contributed by atoms with E-state index in [9.17, 15) is 4.79 Å². The molecule has 21 heavy (non-hydrogen) atoms. The smallest absolute Gasteiger partial charge is 0.413 e. The molecule has 0 unspecified atom stereocenters. The van der Waals surface area contributed by atoms with E-state index in [1.165, 1.54) is 0 Å². The average Bonchev–Trinajstić information content (AvgIpc) is 2.79. The first-order valence-electron chi connectivity index (χ1n) is 6.64. The van der Waals surface area contributed by atoms with E-state index >= 15 is 0 Å². The third kappa shape index (κ3) is 6.56. The van der Waals surface area contributed by atoms with Gasteiger partial charge in [-0.3, -0.25) is 10.4 Å². The van der Waals surface area contributed by atoms with Gasteiger partial charge in [0.1, 0.15) is 11.4 Å². The summed E-state index contributed by atoms with van der Waals surface area (Å²) in [5.41, 5.74) is 0.263. The van der Waals surface area contributed by atoms with Crippen LogP contribution in [-0.2, 0) is 20.8 Å². The number of rotatable bonds is 7. The SMILES string of the molecule is COC(CNCc1cn[nH]c1NC(=O)OC(C)(C)C)OC. The van der Waals surface area contributed by atoms with Gasteiger partial charge in [0, 0.05) is 32.9 Å². The number of anilines is 1. The number of hydrogen-bond donors (Lipinski definition) is 3. The zero-order valence-electron chi connectivity index (χ0n) is 13.1.